The van der Waals surface area contributed by atoms with Crippen molar-refractivity contribution < 1.29 is 9.26 Å². The van der Waals surface area contributed by atoms with Crippen LogP contribution in [-0.4, -0.2) is 45.3 Å². The highest BCUT2D eigenvalue weighted by Gasteiger charge is 2.23. The summed E-state index contributed by atoms with van der Waals surface area (Å²) in [5.74, 6) is 0.945. The maximum Gasteiger partial charge on any atom is 0.280 e. The molecule has 2 aromatic rings. The number of nitrogens with one attached hydrogen (secondary N) is 1. The highest BCUT2D eigenvalue weighted by molar-refractivity contribution is 5.43. The number of methoxy groups -OCH3 is 1. The van der Waals surface area contributed by atoms with E-state index >= 15 is 0 Å². The van der Waals surface area contributed by atoms with E-state index in [0.29, 0.717) is 23.5 Å². The lowest BCUT2D eigenvalue weighted by molar-refractivity contribution is 0.0854. The second-order valence-electron chi connectivity index (χ2n) is 4.87. The summed E-state index contributed by atoms with van der Waals surface area (Å²) >= 11 is 0. The SMILES string of the molecule is CCCC(OC)c1noc(-c2cn(C3CNC3)nn2)n1. The predicted molar refractivity (Wildman–Crippen MR) is 69.9 cm³/mol. The van der Waals surface area contributed by atoms with Crippen LogP contribution in [0, 0.1) is 0 Å². The van der Waals surface area contributed by atoms with Crippen molar-refractivity contribution in [1.29, 1.82) is 0 Å². The molecule has 1 fully saturated rings. The Bertz CT molecular complexity index is 562. The van der Waals surface area contributed by atoms with Gasteiger partial charge >= 0.3 is 0 Å². The van der Waals surface area contributed by atoms with Crippen LogP contribution in [-0.2, 0) is 4.74 Å². The lowest BCUT2D eigenvalue weighted by atomic mass is 10.2. The van der Waals surface area contributed by atoms with Gasteiger partial charge in [-0.2, -0.15) is 4.98 Å². The number of rotatable bonds is 6. The molecule has 3 heterocycles. The van der Waals surface area contributed by atoms with Crippen LogP contribution in [0.4, 0.5) is 0 Å². The van der Waals surface area contributed by atoms with Gasteiger partial charge in [-0.3, -0.25) is 0 Å². The number of ether oxygens (including phenoxy) is 1. The molecule has 3 rings (SSSR count). The molecule has 1 atom stereocenters. The van der Waals surface area contributed by atoms with E-state index in [4.69, 9.17) is 9.26 Å². The maximum absolute atomic E-state index is 5.36. The largest absolute Gasteiger partial charge is 0.373 e. The smallest absolute Gasteiger partial charge is 0.280 e. The van der Waals surface area contributed by atoms with Crippen LogP contribution in [0.5, 0.6) is 0 Å². The van der Waals surface area contributed by atoms with Crippen LogP contribution >= 0.6 is 0 Å². The molecule has 0 amide bonds. The first-order chi connectivity index (χ1) is 9.81. The van der Waals surface area contributed by atoms with Gasteiger partial charge in [0.2, 0.25) is 5.82 Å². The molecule has 0 spiro atoms. The van der Waals surface area contributed by atoms with Crippen LogP contribution in [0.1, 0.15) is 37.7 Å². The molecular formula is C12H18N6O2. The molecule has 0 aromatic carbocycles. The molecule has 0 bridgehead atoms. The normalized spacial score (nSPS) is 17.1. The highest BCUT2D eigenvalue weighted by Crippen LogP contribution is 2.23. The number of nitrogens with zero attached hydrogens (tertiary/aromatic N) is 5. The van der Waals surface area contributed by atoms with Crippen molar-refractivity contribution in [2.45, 2.75) is 31.9 Å². The lowest BCUT2D eigenvalue weighted by Gasteiger charge is -2.26. The van der Waals surface area contributed by atoms with E-state index in [-0.39, 0.29) is 6.10 Å². The summed E-state index contributed by atoms with van der Waals surface area (Å²) in [6, 6.07) is 0.366. The Hall–Kier alpha value is -1.80. The van der Waals surface area contributed by atoms with Crippen LogP contribution in [0.25, 0.3) is 11.6 Å². The van der Waals surface area contributed by atoms with E-state index < -0.39 is 0 Å². The molecule has 0 radical (unpaired) electrons. The molecule has 0 aliphatic carbocycles. The standard InChI is InChI=1S/C12H18N6O2/c1-3-4-10(19-2)11-14-12(20-16-11)9-7-18(17-15-9)8-5-13-6-8/h7-8,10,13H,3-6H2,1-2H3. The Labute approximate surface area is 116 Å². The number of aromatic nitrogens is 5. The summed E-state index contributed by atoms with van der Waals surface area (Å²) in [4.78, 5) is 4.35. The summed E-state index contributed by atoms with van der Waals surface area (Å²) in [5, 5.41) is 15.3. The predicted octanol–water partition coefficient (Wildman–Crippen LogP) is 0.960. The Morgan fingerprint density at radius 3 is 3.05 bits per heavy atom. The Kier molecular flexibility index (Phi) is 3.75. The molecule has 1 saturated heterocycles. The van der Waals surface area contributed by atoms with Crippen molar-refractivity contribution >= 4 is 0 Å². The van der Waals surface area contributed by atoms with Crippen molar-refractivity contribution in [3.8, 4) is 11.6 Å². The Balaban J connectivity index is 1.76. The molecule has 0 saturated carbocycles. The lowest BCUT2D eigenvalue weighted by Crippen LogP contribution is -2.43. The Morgan fingerprint density at radius 1 is 1.55 bits per heavy atom. The minimum Gasteiger partial charge on any atom is -0.373 e. The molecule has 2 aromatic heterocycles. The van der Waals surface area contributed by atoms with Crippen molar-refractivity contribution in [3.05, 3.63) is 12.0 Å². The summed E-state index contributed by atoms with van der Waals surface area (Å²) in [6.07, 6.45) is 3.55. The van der Waals surface area contributed by atoms with E-state index in [1.54, 1.807) is 7.11 Å². The van der Waals surface area contributed by atoms with Gasteiger partial charge in [0, 0.05) is 20.2 Å². The van der Waals surface area contributed by atoms with Gasteiger partial charge < -0.3 is 14.6 Å². The molecule has 8 nitrogen and oxygen atoms in total. The molecule has 20 heavy (non-hydrogen) atoms. The molecule has 1 aliphatic heterocycles. The van der Waals surface area contributed by atoms with Crippen LogP contribution in [0.3, 0.4) is 0 Å². The second kappa shape index (κ2) is 5.68. The Morgan fingerprint density at radius 2 is 2.40 bits per heavy atom. The highest BCUT2D eigenvalue weighted by atomic mass is 16.5. The second-order valence-corrected chi connectivity index (χ2v) is 4.87. The van der Waals surface area contributed by atoms with Gasteiger partial charge in [-0.15, -0.1) is 5.10 Å². The zero-order chi connectivity index (χ0) is 13.9. The first-order valence-electron chi connectivity index (χ1n) is 6.81. The van der Waals surface area contributed by atoms with E-state index in [0.717, 1.165) is 25.9 Å². The molecule has 8 heteroatoms. The topological polar surface area (TPSA) is 90.9 Å². The third-order valence-electron chi connectivity index (χ3n) is 3.43. The third kappa shape index (κ3) is 2.44. The van der Waals surface area contributed by atoms with Crippen LogP contribution < -0.4 is 5.32 Å². The average Bonchev–Trinajstić information content (AvgIpc) is 3.02. The van der Waals surface area contributed by atoms with Gasteiger partial charge in [-0.1, -0.05) is 23.7 Å². The van der Waals surface area contributed by atoms with Gasteiger partial charge in [-0.25, -0.2) is 4.68 Å². The van der Waals surface area contributed by atoms with Gasteiger partial charge in [-0.05, 0) is 6.42 Å². The maximum atomic E-state index is 5.36. The molecule has 1 N–H and O–H groups in total. The van der Waals surface area contributed by atoms with E-state index in [2.05, 4.69) is 32.7 Å². The fourth-order valence-electron chi connectivity index (χ4n) is 2.10. The summed E-state index contributed by atoms with van der Waals surface area (Å²) in [7, 11) is 1.65. The molecule has 1 unspecified atom stereocenters. The number of hydrogen-bond acceptors (Lipinski definition) is 7. The molecule has 1 aliphatic rings. The molecular weight excluding hydrogens is 260 g/mol. The zero-order valence-corrected chi connectivity index (χ0v) is 11.6. The first-order valence-corrected chi connectivity index (χ1v) is 6.81. The summed E-state index contributed by atoms with van der Waals surface area (Å²) < 4.78 is 12.4. The minimum absolute atomic E-state index is 0.136. The quantitative estimate of drug-likeness (QED) is 0.841. The summed E-state index contributed by atoms with van der Waals surface area (Å²) in [6.45, 7) is 3.92. The first kappa shape index (κ1) is 13.2. The van der Waals surface area contributed by atoms with Gasteiger partial charge in [0.05, 0.1) is 12.2 Å². The van der Waals surface area contributed by atoms with Crippen molar-refractivity contribution in [1.82, 2.24) is 30.5 Å². The van der Waals surface area contributed by atoms with E-state index in [1.165, 1.54) is 0 Å². The average molecular weight is 278 g/mol. The van der Waals surface area contributed by atoms with Crippen molar-refractivity contribution in [2.24, 2.45) is 0 Å². The van der Waals surface area contributed by atoms with Gasteiger partial charge in [0.1, 0.15) is 6.10 Å². The fourth-order valence-corrected chi connectivity index (χ4v) is 2.10. The fraction of sp³-hybridized carbons (Fsp3) is 0.667. The monoisotopic (exact) mass is 278 g/mol. The zero-order valence-electron chi connectivity index (χ0n) is 11.6. The molecule has 108 valence electrons. The van der Waals surface area contributed by atoms with E-state index in [9.17, 15) is 0 Å². The van der Waals surface area contributed by atoms with Crippen molar-refractivity contribution in [2.75, 3.05) is 20.2 Å². The van der Waals surface area contributed by atoms with Gasteiger partial charge in [0.15, 0.2) is 5.69 Å². The minimum atomic E-state index is -0.136. The third-order valence-corrected chi connectivity index (χ3v) is 3.43. The van der Waals surface area contributed by atoms with Gasteiger partial charge in [0.25, 0.3) is 5.89 Å². The van der Waals surface area contributed by atoms with Crippen LogP contribution in [0.15, 0.2) is 10.7 Å². The summed E-state index contributed by atoms with van der Waals surface area (Å²) in [5.41, 5.74) is 0.599. The van der Waals surface area contributed by atoms with E-state index in [1.807, 2.05) is 10.9 Å². The number of hydrogen-bond donors (Lipinski definition) is 1. The van der Waals surface area contributed by atoms with Crippen molar-refractivity contribution in [3.63, 3.8) is 0 Å². The van der Waals surface area contributed by atoms with Crippen LogP contribution in [0.2, 0.25) is 0 Å².